The van der Waals surface area contributed by atoms with Crippen molar-refractivity contribution in [3.05, 3.63) is 0 Å². The minimum atomic E-state index is -4.32. The van der Waals surface area contributed by atoms with E-state index in [2.05, 4.69) is 10.2 Å². The predicted molar refractivity (Wildman–Crippen MR) is 70.5 cm³/mol. The molecule has 0 atom stereocenters. The molecule has 0 bridgehead atoms. The summed E-state index contributed by atoms with van der Waals surface area (Å²) in [4.78, 5) is 11.8. The molecule has 1 saturated carbocycles. The number of alkyl halides is 3. The van der Waals surface area contributed by atoms with E-state index in [9.17, 15) is 18.0 Å². The number of thioether (sulfide) groups is 1. The number of carbonyl (C=O) groups is 1. The van der Waals surface area contributed by atoms with Crippen LogP contribution in [0.4, 0.5) is 19.1 Å². The molecule has 21 heavy (non-hydrogen) atoms. The fourth-order valence-corrected chi connectivity index (χ4v) is 2.66. The number of halogens is 3. The van der Waals surface area contributed by atoms with Gasteiger partial charge in [0.05, 0.1) is 5.75 Å². The molecule has 1 fully saturated rings. The van der Waals surface area contributed by atoms with Gasteiger partial charge in [0.15, 0.2) is 5.16 Å². The molecule has 0 unspecified atom stereocenters. The van der Waals surface area contributed by atoms with Gasteiger partial charge in [-0.3, -0.25) is 9.36 Å². The third-order valence-corrected chi connectivity index (χ3v) is 3.88. The molecule has 1 aliphatic carbocycles. The first-order valence-corrected chi connectivity index (χ1v) is 7.41. The molecule has 2 rings (SSSR count). The summed E-state index contributed by atoms with van der Waals surface area (Å²) in [5.74, 6) is -1.06. The van der Waals surface area contributed by atoms with Crippen LogP contribution < -0.4 is 4.90 Å². The molecule has 0 aliphatic heterocycles. The van der Waals surface area contributed by atoms with Crippen LogP contribution in [0.15, 0.2) is 5.16 Å². The zero-order valence-corrected chi connectivity index (χ0v) is 12.1. The highest BCUT2D eigenvalue weighted by Crippen LogP contribution is 2.34. The molecule has 1 aromatic heterocycles. The summed E-state index contributed by atoms with van der Waals surface area (Å²) in [5, 5.41) is 16.6. The molecule has 0 radical (unpaired) electrons. The van der Waals surface area contributed by atoms with Crippen molar-refractivity contribution in [1.29, 1.82) is 0 Å². The minimum absolute atomic E-state index is 0.158. The van der Waals surface area contributed by atoms with E-state index < -0.39 is 18.7 Å². The Morgan fingerprint density at radius 1 is 1.48 bits per heavy atom. The van der Waals surface area contributed by atoms with Crippen molar-refractivity contribution in [2.45, 2.75) is 43.7 Å². The Bertz CT molecular complexity index is 516. The fourth-order valence-electron chi connectivity index (χ4n) is 1.95. The Kier molecular flexibility index (Phi) is 4.64. The van der Waals surface area contributed by atoms with E-state index in [1.807, 2.05) is 0 Å². The van der Waals surface area contributed by atoms with Gasteiger partial charge in [0.2, 0.25) is 5.95 Å². The number of aromatic nitrogens is 3. The Labute approximate surface area is 123 Å². The second-order valence-electron chi connectivity index (χ2n) is 4.68. The molecular formula is C11H15F3N4O2S. The molecule has 118 valence electrons. The van der Waals surface area contributed by atoms with Crippen molar-refractivity contribution < 1.29 is 23.1 Å². The third kappa shape index (κ3) is 4.26. The summed E-state index contributed by atoms with van der Waals surface area (Å²) >= 11 is 0.950. The molecule has 1 N–H and O–H groups in total. The van der Waals surface area contributed by atoms with Crippen molar-refractivity contribution in [3.8, 4) is 0 Å². The molecule has 10 heteroatoms. The maximum Gasteiger partial charge on any atom is 0.406 e. The summed E-state index contributed by atoms with van der Waals surface area (Å²) in [6.07, 6.45) is -2.92. The number of aliphatic carboxylic acids is 1. The minimum Gasteiger partial charge on any atom is -0.481 e. The molecule has 0 aromatic carbocycles. The summed E-state index contributed by atoms with van der Waals surface area (Å²) in [6.45, 7) is 1.07. The molecular weight excluding hydrogens is 309 g/mol. The number of rotatable bonds is 7. The highest BCUT2D eigenvalue weighted by molar-refractivity contribution is 7.99. The second kappa shape index (κ2) is 6.12. The maximum atomic E-state index is 12.7. The summed E-state index contributed by atoms with van der Waals surface area (Å²) in [5.41, 5.74) is 0. The average molecular weight is 324 g/mol. The predicted octanol–water partition coefficient (Wildman–Crippen LogP) is 2.01. The van der Waals surface area contributed by atoms with E-state index in [1.165, 1.54) is 9.47 Å². The molecule has 0 spiro atoms. The largest absolute Gasteiger partial charge is 0.481 e. The zero-order valence-electron chi connectivity index (χ0n) is 11.3. The number of hydrogen-bond acceptors (Lipinski definition) is 5. The van der Waals surface area contributed by atoms with Crippen LogP contribution in [0.1, 0.15) is 19.8 Å². The smallest absolute Gasteiger partial charge is 0.406 e. The average Bonchev–Trinajstić information content (AvgIpc) is 3.12. The van der Waals surface area contributed by atoms with Crippen LogP contribution in [-0.2, 0) is 11.3 Å². The van der Waals surface area contributed by atoms with Crippen molar-refractivity contribution in [1.82, 2.24) is 14.8 Å². The van der Waals surface area contributed by atoms with Crippen LogP contribution in [0.5, 0.6) is 0 Å². The second-order valence-corrected chi connectivity index (χ2v) is 5.63. The van der Waals surface area contributed by atoms with Crippen LogP contribution in [0.25, 0.3) is 0 Å². The van der Waals surface area contributed by atoms with Crippen LogP contribution in [0, 0.1) is 0 Å². The first kappa shape index (κ1) is 15.9. The van der Waals surface area contributed by atoms with E-state index >= 15 is 0 Å². The van der Waals surface area contributed by atoms with E-state index in [0.29, 0.717) is 24.5 Å². The number of carboxylic acids is 1. The van der Waals surface area contributed by atoms with Gasteiger partial charge in [-0.15, -0.1) is 10.2 Å². The van der Waals surface area contributed by atoms with E-state index in [4.69, 9.17) is 5.11 Å². The first-order chi connectivity index (χ1) is 9.81. The van der Waals surface area contributed by atoms with Gasteiger partial charge >= 0.3 is 12.1 Å². The molecule has 0 amide bonds. The Morgan fingerprint density at radius 2 is 2.14 bits per heavy atom. The van der Waals surface area contributed by atoms with Gasteiger partial charge in [-0.05, 0) is 19.8 Å². The number of anilines is 1. The van der Waals surface area contributed by atoms with Gasteiger partial charge in [0.25, 0.3) is 0 Å². The molecule has 6 nitrogen and oxygen atoms in total. The normalized spacial score (nSPS) is 15.2. The lowest BCUT2D eigenvalue weighted by atomic mass is 10.4. The molecule has 1 heterocycles. The highest BCUT2D eigenvalue weighted by Gasteiger charge is 2.40. The summed E-state index contributed by atoms with van der Waals surface area (Å²) in [7, 11) is 0. The Balaban J connectivity index is 2.22. The van der Waals surface area contributed by atoms with Gasteiger partial charge in [0.1, 0.15) is 6.54 Å². The fraction of sp³-hybridized carbons (Fsp3) is 0.727. The van der Waals surface area contributed by atoms with E-state index in [-0.39, 0.29) is 17.7 Å². The number of nitrogens with zero attached hydrogens (tertiary/aromatic N) is 4. The quantitative estimate of drug-likeness (QED) is 0.774. The first-order valence-electron chi connectivity index (χ1n) is 6.43. The molecule has 1 aromatic rings. The monoisotopic (exact) mass is 324 g/mol. The SMILES string of the molecule is CCn1c(SCC(=O)O)nnc1N(CC(F)(F)F)C1CC1. The highest BCUT2D eigenvalue weighted by atomic mass is 32.2. The van der Waals surface area contributed by atoms with Gasteiger partial charge in [-0.2, -0.15) is 13.2 Å². The lowest BCUT2D eigenvalue weighted by Crippen LogP contribution is -2.37. The third-order valence-electron chi connectivity index (χ3n) is 2.93. The van der Waals surface area contributed by atoms with E-state index in [0.717, 1.165) is 11.8 Å². The van der Waals surface area contributed by atoms with Crippen LogP contribution in [0.2, 0.25) is 0 Å². The van der Waals surface area contributed by atoms with Crippen molar-refractivity contribution in [3.63, 3.8) is 0 Å². The standard InChI is InChI=1S/C11H15F3N4O2S/c1-2-17-9(15-16-10(17)21-5-8(19)20)18(7-3-4-7)6-11(12,13)14/h7H,2-6H2,1H3,(H,19,20). The Hall–Kier alpha value is -1.45. The van der Waals surface area contributed by atoms with Crippen LogP contribution in [-0.4, -0.2) is 50.4 Å². The van der Waals surface area contributed by atoms with Crippen molar-refractivity contribution >= 4 is 23.7 Å². The van der Waals surface area contributed by atoms with E-state index in [1.54, 1.807) is 6.92 Å². The molecule has 1 aliphatic rings. The van der Waals surface area contributed by atoms with Gasteiger partial charge in [0, 0.05) is 12.6 Å². The van der Waals surface area contributed by atoms with Crippen molar-refractivity contribution in [2.24, 2.45) is 0 Å². The number of carboxylic acid groups (broad SMARTS) is 1. The van der Waals surface area contributed by atoms with Crippen LogP contribution >= 0.6 is 11.8 Å². The summed E-state index contributed by atoms with van der Waals surface area (Å²) < 4.78 is 39.6. The maximum absolute atomic E-state index is 12.7. The topological polar surface area (TPSA) is 71.2 Å². The van der Waals surface area contributed by atoms with Gasteiger partial charge in [-0.1, -0.05) is 11.8 Å². The van der Waals surface area contributed by atoms with Crippen LogP contribution in [0.3, 0.4) is 0 Å². The lowest BCUT2D eigenvalue weighted by molar-refractivity contribution is -0.134. The lowest BCUT2D eigenvalue weighted by Gasteiger charge is -2.24. The molecule has 0 saturated heterocycles. The summed E-state index contributed by atoms with van der Waals surface area (Å²) in [6, 6.07) is -0.168. The zero-order chi connectivity index (χ0) is 15.6. The Morgan fingerprint density at radius 3 is 2.62 bits per heavy atom. The van der Waals surface area contributed by atoms with Gasteiger partial charge in [-0.25, -0.2) is 0 Å². The number of hydrogen-bond donors (Lipinski definition) is 1. The van der Waals surface area contributed by atoms with Gasteiger partial charge < -0.3 is 10.0 Å². The van der Waals surface area contributed by atoms with Crippen molar-refractivity contribution in [2.75, 3.05) is 17.2 Å².